The van der Waals surface area contributed by atoms with Crippen LogP contribution < -0.4 is 5.32 Å². The summed E-state index contributed by atoms with van der Waals surface area (Å²) in [6.45, 7) is 6.46. The van der Waals surface area contributed by atoms with Crippen molar-refractivity contribution >= 4 is 5.91 Å². The van der Waals surface area contributed by atoms with E-state index in [2.05, 4.69) is 17.1 Å². The van der Waals surface area contributed by atoms with Crippen molar-refractivity contribution in [2.24, 2.45) is 11.8 Å². The third kappa shape index (κ3) is 2.94. The molecule has 0 aliphatic carbocycles. The van der Waals surface area contributed by atoms with Gasteiger partial charge in [-0.15, -0.1) is 0 Å². The predicted molar refractivity (Wildman–Crippen MR) is 60.6 cm³/mol. The number of nitrogens with zero attached hydrogens (tertiary/aromatic N) is 1. The number of hydrogen-bond acceptors (Lipinski definition) is 2. The SMILES string of the molecule is CC1CCN(CCC2CCNC2)C(=O)C1. The van der Waals surface area contributed by atoms with Crippen LogP contribution in [0.5, 0.6) is 0 Å². The van der Waals surface area contributed by atoms with Gasteiger partial charge in [0.1, 0.15) is 0 Å². The van der Waals surface area contributed by atoms with E-state index in [1.807, 2.05) is 0 Å². The van der Waals surface area contributed by atoms with Crippen molar-refractivity contribution in [3.05, 3.63) is 0 Å². The summed E-state index contributed by atoms with van der Waals surface area (Å²) in [5.41, 5.74) is 0. The van der Waals surface area contributed by atoms with Gasteiger partial charge in [0, 0.05) is 19.5 Å². The summed E-state index contributed by atoms with van der Waals surface area (Å²) in [5.74, 6) is 1.78. The zero-order valence-corrected chi connectivity index (χ0v) is 9.67. The van der Waals surface area contributed by atoms with Crippen LogP contribution in [0.4, 0.5) is 0 Å². The van der Waals surface area contributed by atoms with Crippen molar-refractivity contribution in [1.82, 2.24) is 10.2 Å². The topological polar surface area (TPSA) is 32.3 Å². The Hall–Kier alpha value is -0.570. The lowest BCUT2D eigenvalue weighted by Crippen LogP contribution is -2.39. The fraction of sp³-hybridized carbons (Fsp3) is 0.917. The largest absolute Gasteiger partial charge is 0.343 e. The number of rotatable bonds is 3. The number of hydrogen-bond donors (Lipinski definition) is 1. The first-order valence-corrected chi connectivity index (χ1v) is 6.24. The molecule has 3 heteroatoms. The van der Waals surface area contributed by atoms with E-state index in [4.69, 9.17) is 0 Å². The maximum Gasteiger partial charge on any atom is 0.222 e. The summed E-state index contributed by atoms with van der Waals surface area (Å²) in [4.78, 5) is 13.8. The molecule has 0 aromatic carbocycles. The lowest BCUT2D eigenvalue weighted by atomic mass is 9.97. The minimum Gasteiger partial charge on any atom is -0.343 e. The van der Waals surface area contributed by atoms with Gasteiger partial charge in [0.25, 0.3) is 0 Å². The molecule has 86 valence electrons. The first kappa shape index (κ1) is 10.9. The van der Waals surface area contributed by atoms with Crippen molar-refractivity contribution in [2.45, 2.75) is 32.6 Å². The molecule has 0 radical (unpaired) electrons. The van der Waals surface area contributed by atoms with Crippen LogP contribution in [-0.4, -0.2) is 37.0 Å². The number of nitrogens with one attached hydrogen (secondary N) is 1. The van der Waals surface area contributed by atoms with Crippen molar-refractivity contribution < 1.29 is 4.79 Å². The van der Waals surface area contributed by atoms with Gasteiger partial charge in [0.05, 0.1) is 0 Å². The van der Waals surface area contributed by atoms with Crippen LogP contribution in [0, 0.1) is 11.8 Å². The molecule has 2 aliphatic heterocycles. The lowest BCUT2D eigenvalue weighted by Gasteiger charge is -2.30. The highest BCUT2D eigenvalue weighted by molar-refractivity contribution is 5.77. The third-order valence-corrected chi connectivity index (χ3v) is 3.74. The quantitative estimate of drug-likeness (QED) is 0.760. The van der Waals surface area contributed by atoms with E-state index in [0.29, 0.717) is 11.8 Å². The van der Waals surface area contributed by atoms with E-state index in [-0.39, 0.29) is 0 Å². The van der Waals surface area contributed by atoms with Crippen molar-refractivity contribution in [2.75, 3.05) is 26.2 Å². The van der Waals surface area contributed by atoms with Crippen LogP contribution in [0.15, 0.2) is 0 Å². The highest BCUT2D eigenvalue weighted by Crippen LogP contribution is 2.19. The molecule has 0 bridgehead atoms. The van der Waals surface area contributed by atoms with Gasteiger partial charge in [0.2, 0.25) is 5.91 Å². The highest BCUT2D eigenvalue weighted by Gasteiger charge is 2.24. The zero-order chi connectivity index (χ0) is 10.7. The Morgan fingerprint density at radius 1 is 1.47 bits per heavy atom. The normalized spacial score (nSPS) is 32.3. The zero-order valence-electron chi connectivity index (χ0n) is 9.67. The summed E-state index contributed by atoms with van der Waals surface area (Å²) in [6, 6.07) is 0. The second-order valence-electron chi connectivity index (χ2n) is 5.13. The number of likely N-dealkylation sites (tertiary alicyclic amines) is 1. The Balaban J connectivity index is 1.71. The Labute approximate surface area is 92.2 Å². The average molecular weight is 210 g/mol. The fourth-order valence-corrected chi connectivity index (χ4v) is 2.57. The molecule has 0 saturated carbocycles. The van der Waals surface area contributed by atoms with Gasteiger partial charge in [-0.1, -0.05) is 6.92 Å². The Morgan fingerprint density at radius 3 is 3.00 bits per heavy atom. The molecule has 2 heterocycles. The molecule has 2 aliphatic rings. The fourth-order valence-electron chi connectivity index (χ4n) is 2.57. The smallest absolute Gasteiger partial charge is 0.222 e. The lowest BCUT2D eigenvalue weighted by molar-refractivity contribution is -0.134. The number of piperidine rings is 1. The number of amides is 1. The highest BCUT2D eigenvalue weighted by atomic mass is 16.2. The second-order valence-corrected chi connectivity index (χ2v) is 5.13. The van der Waals surface area contributed by atoms with Crippen molar-refractivity contribution in [3.8, 4) is 0 Å². The monoisotopic (exact) mass is 210 g/mol. The first-order valence-electron chi connectivity index (χ1n) is 6.24. The van der Waals surface area contributed by atoms with E-state index in [0.717, 1.165) is 38.5 Å². The Morgan fingerprint density at radius 2 is 2.33 bits per heavy atom. The molecule has 15 heavy (non-hydrogen) atoms. The maximum atomic E-state index is 11.7. The molecular formula is C12H22N2O. The second kappa shape index (κ2) is 4.97. The van der Waals surface area contributed by atoms with Gasteiger partial charge in [-0.05, 0) is 44.2 Å². The van der Waals surface area contributed by atoms with Gasteiger partial charge < -0.3 is 10.2 Å². The molecule has 2 unspecified atom stereocenters. The van der Waals surface area contributed by atoms with E-state index in [1.165, 1.54) is 19.3 Å². The minimum absolute atomic E-state index is 0.375. The molecule has 2 saturated heterocycles. The molecule has 0 aromatic heterocycles. The van der Waals surface area contributed by atoms with Crippen LogP contribution in [0.3, 0.4) is 0 Å². The summed E-state index contributed by atoms with van der Waals surface area (Å²) >= 11 is 0. The standard InChI is InChI=1S/C12H22N2O/c1-10-3-6-14(12(15)8-10)7-4-11-2-5-13-9-11/h10-11,13H,2-9H2,1H3. The third-order valence-electron chi connectivity index (χ3n) is 3.74. The van der Waals surface area contributed by atoms with Gasteiger partial charge in [-0.25, -0.2) is 0 Å². The van der Waals surface area contributed by atoms with Gasteiger partial charge in [0.15, 0.2) is 0 Å². The molecular weight excluding hydrogens is 188 g/mol. The Bertz CT molecular complexity index is 224. The summed E-state index contributed by atoms with van der Waals surface area (Å²) in [5, 5.41) is 3.37. The van der Waals surface area contributed by atoms with Crippen molar-refractivity contribution in [1.29, 1.82) is 0 Å². The first-order chi connectivity index (χ1) is 7.25. The number of carbonyl (C=O) groups excluding carboxylic acids is 1. The van der Waals surface area contributed by atoms with E-state index in [9.17, 15) is 4.79 Å². The van der Waals surface area contributed by atoms with Gasteiger partial charge in [-0.3, -0.25) is 4.79 Å². The summed E-state index contributed by atoms with van der Waals surface area (Å²) in [7, 11) is 0. The van der Waals surface area contributed by atoms with E-state index < -0.39 is 0 Å². The van der Waals surface area contributed by atoms with Gasteiger partial charge >= 0.3 is 0 Å². The predicted octanol–water partition coefficient (Wildman–Crippen LogP) is 1.24. The van der Waals surface area contributed by atoms with E-state index >= 15 is 0 Å². The molecule has 3 nitrogen and oxygen atoms in total. The van der Waals surface area contributed by atoms with Crippen LogP contribution in [0.25, 0.3) is 0 Å². The van der Waals surface area contributed by atoms with Crippen LogP contribution in [0.1, 0.15) is 32.6 Å². The number of carbonyl (C=O) groups is 1. The van der Waals surface area contributed by atoms with Crippen LogP contribution in [-0.2, 0) is 4.79 Å². The average Bonchev–Trinajstić information content (AvgIpc) is 2.69. The molecule has 2 fully saturated rings. The minimum atomic E-state index is 0.375. The molecule has 0 spiro atoms. The van der Waals surface area contributed by atoms with Crippen molar-refractivity contribution in [3.63, 3.8) is 0 Å². The summed E-state index contributed by atoms with van der Waals surface area (Å²) in [6.07, 6.45) is 4.43. The molecule has 1 N–H and O–H groups in total. The summed E-state index contributed by atoms with van der Waals surface area (Å²) < 4.78 is 0. The molecule has 0 aromatic rings. The Kier molecular flexibility index (Phi) is 3.62. The van der Waals surface area contributed by atoms with Crippen LogP contribution >= 0.6 is 0 Å². The van der Waals surface area contributed by atoms with Crippen LogP contribution in [0.2, 0.25) is 0 Å². The molecule has 1 amide bonds. The maximum absolute atomic E-state index is 11.7. The molecule has 2 rings (SSSR count). The van der Waals surface area contributed by atoms with E-state index in [1.54, 1.807) is 0 Å². The van der Waals surface area contributed by atoms with Gasteiger partial charge in [-0.2, -0.15) is 0 Å². The molecule has 2 atom stereocenters.